The van der Waals surface area contributed by atoms with Gasteiger partial charge < -0.3 is 4.74 Å². The van der Waals surface area contributed by atoms with Crippen molar-refractivity contribution in [3.63, 3.8) is 0 Å². The number of fused-ring (bicyclic) bond motifs is 1. The highest BCUT2D eigenvalue weighted by Gasteiger charge is 2.23. The SMILES string of the molecule is CC(C)(C)c1nc2ccc(Br)cc2c(=O)n1N=Cc1ccccc1OCc1ccc(Cl)cc1. The van der Waals surface area contributed by atoms with Crippen LogP contribution in [0.25, 0.3) is 10.9 Å². The van der Waals surface area contributed by atoms with E-state index in [9.17, 15) is 4.79 Å². The Labute approximate surface area is 205 Å². The molecule has 3 aromatic carbocycles. The molecular weight excluding hydrogens is 502 g/mol. The second kappa shape index (κ2) is 9.49. The molecule has 0 amide bonds. The molecule has 0 spiro atoms. The fourth-order valence-electron chi connectivity index (χ4n) is 3.32. The van der Waals surface area contributed by atoms with E-state index in [1.165, 1.54) is 4.68 Å². The van der Waals surface area contributed by atoms with Crippen LogP contribution >= 0.6 is 27.5 Å². The molecule has 168 valence electrons. The Kier molecular flexibility index (Phi) is 6.68. The Morgan fingerprint density at radius 2 is 1.82 bits per heavy atom. The molecule has 0 aliphatic rings. The third kappa shape index (κ3) is 5.34. The molecule has 0 fully saturated rings. The summed E-state index contributed by atoms with van der Waals surface area (Å²) in [5.74, 6) is 1.25. The van der Waals surface area contributed by atoms with E-state index in [0.717, 1.165) is 15.6 Å². The smallest absolute Gasteiger partial charge is 0.282 e. The van der Waals surface area contributed by atoms with Gasteiger partial charge in [-0.25, -0.2) is 4.98 Å². The zero-order chi connectivity index (χ0) is 23.6. The largest absolute Gasteiger partial charge is 0.488 e. The topological polar surface area (TPSA) is 56.5 Å². The van der Waals surface area contributed by atoms with E-state index in [4.69, 9.17) is 21.3 Å². The highest BCUT2D eigenvalue weighted by molar-refractivity contribution is 9.10. The van der Waals surface area contributed by atoms with Crippen LogP contribution < -0.4 is 10.3 Å². The Balaban J connectivity index is 1.72. The molecule has 0 saturated heterocycles. The summed E-state index contributed by atoms with van der Waals surface area (Å²) in [6, 6.07) is 20.6. The molecule has 33 heavy (non-hydrogen) atoms. The van der Waals surface area contributed by atoms with E-state index in [1.54, 1.807) is 12.3 Å². The fourth-order valence-corrected chi connectivity index (χ4v) is 3.81. The number of para-hydroxylation sites is 1. The number of rotatable bonds is 5. The van der Waals surface area contributed by atoms with Crippen LogP contribution in [0, 0.1) is 0 Å². The summed E-state index contributed by atoms with van der Waals surface area (Å²) >= 11 is 9.40. The van der Waals surface area contributed by atoms with Gasteiger partial charge in [0.2, 0.25) is 0 Å². The second-order valence-electron chi connectivity index (χ2n) is 8.66. The molecule has 5 nitrogen and oxygen atoms in total. The molecular formula is C26H23BrClN3O2. The van der Waals surface area contributed by atoms with Gasteiger partial charge in [-0.3, -0.25) is 4.79 Å². The summed E-state index contributed by atoms with van der Waals surface area (Å²) in [5.41, 5.74) is 1.80. The minimum absolute atomic E-state index is 0.220. The number of benzene rings is 3. The number of hydrogen-bond acceptors (Lipinski definition) is 4. The van der Waals surface area contributed by atoms with Crippen LogP contribution in [0.15, 0.2) is 81.1 Å². The summed E-state index contributed by atoms with van der Waals surface area (Å²) < 4.78 is 8.22. The van der Waals surface area contributed by atoms with Gasteiger partial charge in [-0.15, -0.1) is 0 Å². The zero-order valence-corrected chi connectivity index (χ0v) is 20.9. The van der Waals surface area contributed by atoms with E-state index < -0.39 is 0 Å². The molecule has 0 radical (unpaired) electrons. The summed E-state index contributed by atoms with van der Waals surface area (Å²) in [4.78, 5) is 18.1. The molecule has 0 atom stereocenters. The van der Waals surface area contributed by atoms with Gasteiger partial charge in [-0.05, 0) is 48.0 Å². The van der Waals surface area contributed by atoms with Crippen molar-refractivity contribution in [1.82, 2.24) is 9.66 Å². The summed E-state index contributed by atoms with van der Waals surface area (Å²) in [5, 5.41) is 5.74. The maximum atomic E-state index is 13.3. The molecule has 0 aliphatic carbocycles. The van der Waals surface area contributed by atoms with Gasteiger partial charge in [-0.1, -0.05) is 72.6 Å². The van der Waals surface area contributed by atoms with Crippen molar-refractivity contribution in [2.24, 2.45) is 5.10 Å². The summed E-state index contributed by atoms with van der Waals surface area (Å²) in [6.07, 6.45) is 1.64. The molecule has 0 N–H and O–H groups in total. The van der Waals surface area contributed by atoms with Crippen molar-refractivity contribution in [3.05, 3.63) is 104 Å². The van der Waals surface area contributed by atoms with Crippen LogP contribution in [0.3, 0.4) is 0 Å². The Morgan fingerprint density at radius 1 is 1.09 bits per heavy atom. The third-order valence-corrected chi connectivity index (χ3v) is 5.76. The van der Waals surface area contributed by atoms with Gasteiger partial charge in [0.1, 0.15) is 18.2 Å². The third-order valence-electron chi connectivity index (χ3n) is 5.02. The summed E-state index contributed by atoms with van der Waals surface area (Å²) in [6.45, 7) is 6.42. The van der Waals surface area contributed by atoms with Gasteiger partial charge in [0.15, 0.2) is 0 Å². The van der Waals surface area contributed by atoms with Crippen LogP contribution in [0.2, 0.25) is 5.02 Å². The van der Waals surface area contributed by atoms with Crippen molar-refractivity contribution in [1.29, 1.82) is 0 Å². The van der Waals surface area contributed by atoms with Crippen molar-refractivity contribution in [2.45, 2.75) is 32.8 Å². The lowest BCUT2D eigenvalue weighted by Crippen LogP contribution is -2.29. The first-order valence-corrected chi connectivity index (χ1v) is 11.6. The monoisotopic (exact) mass is 523 g/mol. The van der Waals surface area contributed by atoms with Gasteiger partial charge in [0.25, 0.3) is 5.56 Å². The number of aromatic nitrogens is 2. The zero-order valence-electron chi connectivity index (χ0n) is 18.5. The Bertz CT molecular complexity index is 1390. The maximum absolute atomic E-state index is 13.3. The van der Waals surface area contributed by atoms with Gasteiger partial charge in [-0.2, -0.15) is 9.78 Å². The molecule has 0 saturated carbocycles. The maximum Gasteiger partial charge on any atom is 0.282 e. The van der Waals surface area contributed by atoms with Gasteiger partial charge >= 0.3 is 0 Å². The highest BCUT2D eigenvalue weighted by atomic mass is 79.9. The minimum Gasteiger partial charge on any atom is -0.488 e. The van der Waals surface area contributed by atoms with Crippen LogP contribution in [0.1, 0.15) is 37.7 Å². The molecule has 1 aromatic heterocycles. The lowest BCUT2D eigenvalue weighted by molar-refractivity contribution is 0.306. The van der Waals surface area contributed by atoms with Gasteiger partial charge in [0.05, 0.1) is 17.1 Å². The average Bonchev–Trinajstić information content (AvgIpc) is 2.78. The lowest BCUT2D eigenvalue weighted by Gasteiger charge is -2.21. The standard InChI is InChI=1S/C26H23BrClN3O2/c1-26(2,3)25-30-22-13-10-19(27)14-21(22)24(32)31(25)29-15-18-6-4-5-7-23(18)33-16-17-8-11-20(28)12-9-17/h4-15H,16H2,1-3H3. The van der Waals surface area contributed by atoms with Crippen LogP contribution in [0.4, 0.5) is 0 Å². The van der Waals surface area contributed by atoms with E-state index in [2.05, 4.69) is 21.0 Å². The molecule has 4 rings (SSSR count). The number of hydrogen-bond donors (Lipinski definition) is 0. The predicted molar refractivity (Wildman–Crippen MR) is 138 cm³/mol. The molecule has 0 unspecified atom stereocenters. The number of halogens is 2. The highest BCUT2D eigenvalue weighted by Crippen LogP contribution is 2.24. The van der Waals surface area contributed by atoms with E-state index in [0.29, 0.717) is 34.1 Å². The van der Waals surface area contributed by atoms with Crippen molar-refractivity contribution in [3.8, 4) is 5.75 Å². The molecule has 4 aromatic rings. The molecule has 0 aliphatic heterocycles. The quantitative estimate of drug-likeness (QED) is 0.277. The van der Waals surface area contributed by atoms with Crippen LogP contribution in [0.5, 0.6) is 5.75 Å². The van der Waals surface area contributed by atoms with Gasteiger partial charge in [0, 0.05) is 20.5 Å². The average molecular weight is 525 g/mol. The lowest BCUT2D eigenvalue weighted by atomic mass is 9.95. The number of ether oxygens (including phenoxy) is 1. The first-order valence-electron chi connectivity index (χ1n) is 10.5. The van der Waals surface area contributed by atoms with E-state index >= 15 is 0 Å². The summed E-state index contributed by atoms with van der Waals surface area (Å²) in [7, 11) is 0. The van der Waals surface area contributed by atoms with Crippen molar-refractivity contribution < 1.29 is 4.74 Å². The van der Waals surface area contributed by atoms with Crippen molar-refractivity contribution >= 4 is 44.6 Å². The Hall–Kier alpha value is -2.96. The first-order chi connectivity index (χ1) is 15.7. The Morgan fingerprint density at radius 3 is 2.55 bits per heavy atom. The molecule has 1 heterocycles. The second-order valence-corrected chi connectivity index (χ2v) is 10.0. The molecule has 7 heteroatoms. The fraction of sp³-hybridized carbons (Fsp3) is 0.192. The first kappa shape index (κ1) is 23.2. The van der Waals surface area contributed by atoms with Crippen molar-refractivity contribution in [2.75, 3.05) is 0 Å². The van der Waals surface area contributed by atoms with Crippen LogP contribution in [-0.4, -0.2) is 15.9 Å². The van der Waals surface area contributed by atoms with Crippen LogP contribution in [-0.2, 0) is 12.0 Å². The van der Waals surface area contributed by atoms with E-state index in [-0.39, 0.29) is 11.0 Å². The normalized spacial score (nSPS) is 11.9. The predicted octanol–water partition coefficient (Wildman–Crippen LogP) is 6.57. The minimum atomic E-state index is -0.387. The van der Waals surface area contributed by atoms with E-state index in [1.807, 2.05) is 81.4 Å². The molecule has 0 bridgehead atoms. The number of nitrogens with zero attached hydrogens (tertiary/aromatic N) is 3.